The van der Waals surface area contributed by atoms with Crippen LogP contribution in [0.25, 0.3) is 0 Å². The van der Waals surface area contributed by atoms with Crippen LogP contribution in [0.3, 0.4) is 0 Å². The molecule has 112 valence electrons. The van der Waals surface area contributed by atoms with Crippen LogP contribution in [0.5, 0.6) is 0 Å². The zero-order chi connectivity index (χ0) is 15.7. The van der Waals surface area contributed by atoms with Gasteiger partial charge in [0.2, 0.25) is 0 Å². The molecule has 0 saturated carbocycles. The van der Waals surface area contributed by atoms with Crippen LogP contribution in [-0.4, -0.2) is 42.8 Å². The van der Waals surface area contributed by atoms with Crippen molar-refractivity contribution in [3.63, 3.8) is 0 Å². The number of aliphatic hydroxyl groups excluding tert-OH is 1. The molecule has 1 aromatic carbocycles. The van der Waals surface area contributed by atoms with Crippen molar-refractivity contribution in [3.05, 3.63) is 42.5 Å². The molecule has 0 aliphatic carbocycles. The predicted molar refractivity (Wildman–Crippen MR) is 73.2 cm³/mol. The highest BCUT2D eigenvalue weighted by atomic mass is 16.5. The van der Waals surface area contributed by atoms with Gasteiger partial charge in [-0.15, -0.1) is 0 Å². The topological polar surface area (TPSA) is 102 Å². The Balaban J connectivity index is 2.37. The SMILES string of the molecule is COC(=O)/C=C/C(=O)OCC(O)C(=O)Nc1ccccc1. The second kappa shape index (κ2) is 8.49. The number of nitrogens with one attached hydrogen (secondary N) is 1. The lowest BCUT2D eigenvalue weighted by molar-refractivity contribution is -0.144. The molecule has 7 nitrogen and oxygen atoms in total. The highest BCUT2D eigenvalue weighted by Crippen LogP contribution is 2.05. The zero-order valence-corrected chi connectivity index (χ0v) is 11.3. The number of aliphatic hydroxyl groups is 1. The van der Waals surface area contributed by atoms with Gasteiger partial charge < -0.3 is 19.9 Å². The first-order valence-corrected chi connectivity index (χ1v) is 5.99. The van der Waals surface area contributed by atoms with Crippen LogP contribution in [0.4, 0.5) is 5.69 Å². The summed E-state index contributed by atoms with van der Waals surface area (Å²) >= 11 is 0. The van der Waals surface area contributed by atoms with Crippen molar-refractivity contribution in [2.45, 2.75) is 6.10 Å². The van der Waals surface area contributed by atoms with E-state index in [0.29, 0.717) is 5.69 Å². The Hall–Kier alpha value is -2.67. The molecule has 0 aliphatic rings. The first-order valence-electron chi connectivity index (χ1n) is 5.99. The smallest absolute Gasteiger partial charge is 0.331 e. The van der Waals surface area contributed by atoms with Gasteiger partial charge in [0.15, 0.2) is 6.10 Å². The van der Waals surface area contributed by atoms with Crippen LogP contribution < -0.4 is 5.32 Å². The molecule has 1 amide bonds. The van der Waals surface area contributed by atoms with Gasteiger partial charge in [0.1, 0.15) is 6.61 Å². The molecule has 0 fully saturated rings. The second-order valence-corrected chi connectivity index (χ2v) is 3.86. The standard InChI is InChI=1S/C14H15NO6/c1-20-12(17)7-8-13(18)21-9-11(16)14(19)15-10-5-3-2-4-6-10/h2-8,11,16H,9H2,1H3,(H,15,19)/b8-7+. The van der Waals surface area contributed by atoms with Crippen molar-refractivity contribution in [1.29, 1.82) is 0 Å². The van der Waals surface area contributed by atoms with E-state index in [2.05, 4.69) is 14.8 Å². The van der Waals surface area contributed by atoms with Gasteiger partial charge in [-0.2, -0.15) is 0 Å². The van der Waals surface area contributed by atoms with Crippen molar-refractivity contribution < 1.29 is 29.0 Å². The summed E-state index contributed by atoms with van der Waals surface area (Å²) in [5, 5.41) is 12.0. The summed E-state index contributed by atoms with van der Waals surface area (Å²) in [5.41, 5.74) is 0.512. The van der Waals surface area contributed by atoms with Crippen LogP contribution in [-0.2, 0) is 23.9 Å². The number of ether oxygens (including phenoxy) is 2. The predicted octanol–water partition coefficient (Wildman–Crippen LogP) is 0.258. The fraction of sp³-hybridized carbons (Fsp3) is 0.214. The normalized spacial score (nSPS) is 11.7. The molecule has 1 atom stereocenters. The van der Waals surface area contributed by atoms with E-state index in [9.17, 15) is 19.5 Å². The number of hydrogen-bond acceptors (Lipinski definition) is 6. The van der Waals surface area contributed by atoms with E-state index in [1.807, 2.05) is 0 Å². The minimum Gasteiger partial charge on any atom is -0.466 e. The minimum atomic E-state index is -1.51. The van der Waals surface area contributed by atoms with E-state index in [1.54, 1.807) is 30.3 Å². The Morgan fingerprint density at radius 2 is 1.81 bits per heavy atom. The molecule has 0 radical (unpaired) electrons. The Bertz CT molecular complexity index is 526. The molecule has 0 saturated heterocycles. The van der Waals surface area contributed by atoms with Crippen LogP contribution in [0.1, 0.15) is 0 Å². The summed E-state index contributed by atoms with van der Waals surface area (Å²) in [4.78, 5) is 33.5. The maximum atomic E-state index is 11.6. The van der Waals surface area contributed by atoms with E-state index >= 15 is 0 Å². The van der Waals surface area contributed by atoms with Gasteiger partial charge >= 0.3 is 11.9 Å². The molecule has 0 heterocycles. The third kappa shape index (κ3) is 6.35. The Kier molecular flexibility index (Phi) is 6.62. The van der Waals surface area contributed by atoms with Crippen LogP contribution >= 0.6 is 0 Å². The molecule has 1 unspecified atom stereocenters. The summed E-state index contributed by atoms with van der Waals surface area (Å²) in [7, 11) is 1.16. The van der Waals surface area contributed by atoms with E-state index < -0.39 is 30.6 Å². The van der Waals surface area contributed by atoms with Gasteiger partial charge in [0, 0.05) is 17.8 Å². The Morgan fingerprint density at radius 3 is 2.43 bits per heavy atom. The van der Waals surface area contributed by atoms with Gasteiger partial charge in [-0.1, -0.05) is 18.2 Å². The van der Waals surface area contributed by atoms with Crippen molar-refractivity contribution in [1.82, 2.24) is 0 Å². The van der Waals surface area contributed by atoms with Crippen LogP contribution in [0.15, 0.2) is 42.5 Å². The number of para-hydroxylation sites is 1. The van der Waals surface area contributed by atoms with Crippen molar-refractivity contribution in [2.75, 3.05) is 19.0 Å². The summed E-state index contributed by atoms with van der Waals surface area (Å²) in [6, 6.07) is 8.52. The molecule has 7 heteroatoms. The average molecular weight is 293 g/mol. The van der Waals surface area contributed by atoms with Gasteiger partial charge in [-0.25, -0.2) is 9.59 Å². The summed E-state index contributed by atoms with van der Waals surface area (Å²) in [5.74, 6) is -2.28. The molecule has 21 heavy (non-hydrogen) atoms. The fourth-order valence-electron chi connectivity index (χ4n) is 1.24. The highest BCUT2D eigenvalue weighted by molar-refractivity contribution is 5.94. The largest absolute Gasteiger partial charge is 0.466 e. The number of carbonyl (C=O) groups is 3. The van der Waals surface area contributed by atoms with E-state index in [0.717, 1.165) is 19.3 Å². The molecule has 0 aromatic heterocycles. The molecule has 1 rings (SSSR count). The number of rotatable bonds is 6. The summed E-state index contributed by atoms with van der Waals surface area (Å²) in [6.07, 6.45) is 0.201. The molecular weight excluding hydrogens is 278 g/mol. The van der Waals surface area contributed by atoms with Gasteiger partial charge in [-0.05, 0) is 12.1 Å². The maximum Gasteiger partial charge on any atom is 0.331 e. The van der Waals surface area contributed by atoms with E-state index in [1.165, 1.54) is 0 Å². The Labute approximate surface area is 121 Å². The van der Waals surface area contributed by atoms with Crippen molar-refractivity contribution >= 4 is 23.5 Å². The monoisotopic (exact) mass is 293 g/mol. The summed E-state index contributed by atoms with van der Waals surface area (Å²) < 4.78 is 8.90. The number of benzene rings is 1. The fourth-order valence-corrected chi connectivity index (χ4v) is 1.24. The highest BCUT2D eigenvalue weighted by Gasteiger charge is 2.16. The number of esters is 2. The number of carbonyl (C=O) groups excluding carboxylic acids is 3. The lowest BCUT2D eigenvalue weighted by Gasteiger charge is -2.11. The maximum absolute atomic E-state index is 11.6. The minimum absolute atomic E-state index is 0.512. The molecule has 1 aromatic rings. The van der Waals surface area contributed by atoms with Gasteiger partial charge in [0.05, 0.1) is 7.11 Å². The van der Waals surface area contributed by atoms with Gasteiger partial charge in [0.25, 0.3) is 5.91 Å². The number of anilines is 1. The van der Waals surface area contributed by atoms with E-state index in [4.69, 9.17) is 0 Å². The van der Waals surface area contributed by atoms with Gasteiger partial charge in [-0.3, -0.25) is 4.79 Å². The molecule has 0 spiro atoms. The lowest BCUT2D eigenvalue weighted by Crippen LogP contribution is -2.32. The van der Waals surface area contributed by atoms with Crippen molar-refractivity contribution in [3.8, 4) is 0 Å². The van der Waals surface area contributed by atoms with Crippen LogP contribution in [0, 0.1) is 0 Å². The molecule has 0 aliphatic heterocycles. The second-order valence-electron chi connectivity index (χ2n) is 3.86. The third-order valence-corrected chi connectivity index (χ3v) is 2.28. The first-order chi connectivity index (χ1) is 10.0. The van der Waals surface area contributed by atoms with Crippen molar-refractivity contribution in [2.24, 2.45) is 0 Å². The van der Waals surface area contributed by atoms with E-state index in [-0.39, 0.29) is 0 Å². The van der Waals surface area contributed by atoms with Crippen LogP contribution in [0.2, 0.25) is 0 Å². The quantitative estimate of drug-likeness (QED) is 0.576. The lowest BCUT2D eigenvalue weighted by atomic mass is 10.3. The molecule has 2 N–H and O–H groups in total. The zero-order valence-electron chi connectivity index (χ0n) is 11.3. The number of amides is 1. The third-order valence-electron chi connectivity index (χ3n) is 2.28. The first kappa shape index (κ1) is 16.4. The number of hydrogen-bond donors (Lipinski definition) is 2. The Morgan fingerprint density at radius 1 is 1.19 bits per heavy atom. The molecule has 0 bridgehead atoms. The average Bonchev–Trinajstić information content (AvgIpc) is 2.50. The molecular formula is C14H15NO6. The summed E-state index contributed by atoms with van der Waals surface area (Å²) in [6.45, 7) is -0.525. The number of methoxy groups -OCH3 is 1.